The molecule has 1 saturated carbocycles. The first-order valence-corrected chi connectivity index (χ1v) is 6.44. The van der Waals surface area contributed by atoms with E-state index in [9.17, 15) is 0 Å². The molecule has 0 bridgehead atoms. The summed E-state index contributed by atoms with van der Waals surface area (Å²) in [6, 6.07) is 0.472. The highest BCUT2D eigenvalue weighted by Gasteiger charge is 2.19. The lowest BCUT2D eigenvalue weighted by atomic mass is 9.87. The fourth-order valence-corrected chi connectivity index (χ4v) is 2.30. The Balaban J connectivity index is 2.01. The Hall–Kier alpha value is -1.52. The number of anilines is 1. The van der Waals surface area contributed by atoms with Gasteiger partial charge in [-0.3, -0.25) is 0 Å². The van der Waals surface area contributed by atoms with E-state index in [0.717, 1.165) is 5.92 Å². The van der Waals surface area contributed by atoms with Crippen molar-refractivity contribution in [1.29, 1.82) is 0 Å². The molecular formula is C13H21N3O2. The zero-order chi connectivity index (χ0) is 13.0. The second kappa shape index (κ2) is 5.89. The highest BCUT2D eigenvalue weighted by atomic mass is 16.5. The number of aromatic nitrogens is 2. The van der Waals surface area contributed by atoms with Crippen molar-refractivity contribution in [2.24, 2.45) is 5.92 Å². The third-order valence-corrected chi connectivity index (χ3v) is 3.48. The number of rotatable bonds is 4. The quantitative estimate of drug-likeness (QED) is 0.891. The van der Waals surface area contributed by atoms with Crippen molar-refractivity contribution >= 4 is 5.95 Å². The molecule has 0 radical (unpaired) electrons. The zero-order valence-corrected chi connectivity index (χ0v) is 11.3. The van der Waals surface area contributed by atoms with Gasteiger partial charge in [0.2, 0.25) is 5.95 Å². The number of hydrogen-bond acceptors (Lipinski definition) is 5. The van der Waals surface area contributed by atoms with Crippen LogP contribution in [0, 0.1) is 5.92 Å². The standard InChI is InChI=1S/C13H21N3O2/c1-9-4-6-10(7-5-9)15-13-14-8-11(17-2)12(16-13)18-3/h8-10H,4-7H2,1-3H3,(H,14,15,16)/t9-,10-. The molecule has 0 amide bonds. The Bertz CT molecular complexity index is 390. The fourth-order valence-electron chi connectivity index (χ4n) is 2.30. The Labute approximate surface area is 108 Å². The zero-order valence-electron chi connectivity index (χ0n) is 11.3. The molecule has 1 aromatic rings. The molecule has 1 heterocycles. The summed E-state index contributed by atoms with van der Waals surface area (Å²) in [6.45, 7) is 2.31. The van der Waals surface area contributed by atoms with Gasteiger partial charge in [0.15, 0.2) is 5.75 Å². The number of nitrogens with one attached hydrogen (secondary N) is 1. The molecule has 0 aliphatic heterocycles. The molecule has 18 heavy (non-hydrogen) atoms. The lowest BCUT2D eigenvalue weighted by molar-refractivity contribution is 0.339. The van der Waals surface area contributed by atoms with Crippen LogP contribution >= 0.6 is 0 Å². The molecule has 1 aromatic heterocycles. The van der Waals surface area contributed by atoms with Gasteiger partial charge in [-0.05, 0) is 31.6 Å². The third-order valence-electron chi connectivity index (χ3n) is 3.48. The van der Waals surface area contributed by atoms with Crippen molar-refractivity contribution in [3.8, 4) is 11.6 Å². The third kappa shape index (κ3) is 3.03. The molecule has 0 spiro atoms. The number of nitrogens with zero attached hydrogens (tertiary/aromatic N) is 2. The van der Waals surface area contributed by atoms with Crippen LogP contribution in [0.15, 0.2) is 6.20 Å². The van der Waals surface area contributed by atoms with E-state index in [1.165, 1.54) is 25.7 Å². The van der Waals surface area contributed by atoms with E-state index in [0.29, 0.717) is 23.6 Å². The Morgan fingerprint density at radius 3 is 2.50 bits per heavy atom. The summed E-state index contributed by atoms with van der Waals surface area (Å²) >= 11 is 0. The highest BCUT2D eigenvalue weighted by Crippen LogP contribution is 2.27. The number of ether oxygens (including phenoxy) is 2. The molecular weight excluding hydrogens is 230 g/mol. The fraction of sp³-hybridized carbons (Fsp3) is 0.692. The normalized spacial score (nSPS) is 23.5. The minimum atomic E-state index is 0.471. The van der Waals surface area contributed by atoms with Gasteiger partial charge >= 0.3 is 0 Å². The van der Waals surface area contributed by atoms with E-state index in [-0.39, 0.29) is 0 Å². The van der Waals surface area contributed by atoms with Crippen molar-refractivity contribution in [2.45, 2.75) is 38.6 Å². The van der Waals surface area contributed by atoms with Crippen LogP contribution in [0.1, 0.15) is 32.6 Å². The smallest absolute Gasteiger partial charge is 0.261 e. The van der Waals surface area contributed by atoms with E-state index < -0.39 is 0 Å². The largest absolute Gasteiger partial charge is 0.490 e. The molecule has 0 saturated heterocycles. The minimum absolute atomic E-state index is 0.471. The van der Waals surface area contributed by atoms with E-state index in [4.69, 9.17) is 9.47 Å². The molecule has 2 rings (SSSR count). The summed E-state index contributed by atoms with van der Waals surface area (Å²) in [5.41, 5.74) is 0. The van der Waals surface area contributed by atoms with Crippen LogP contribution in [0.2, 0.25) is 0 Å². The topological polar surface area (TPSA) is 56.3 Å². The van der Waals surface area contributed by atoms with Gasteiger partial charge in [0.1, 0.15) is 0 Å². The Kier molecular flexibility index (Phi) is 4.23. The van der Waals surface area contributed by atoms with Gasteiger partial charge in [-0.1, -0.05) is 6.92 Å². The average molecular weight is 251 g/mol. The number of hydrogen-bond donors (Lipinski definition) is 1. The van der Waals surface area contributed by atoms with Gasteiger partial charge in [0.05, 0.1) is 20.4 Å². The second-order valence-electron chi connectivity index (χ2n) is 4.87. The van der Waals surface area contributed by atoms with Crippen LogP contribution in [-0.4, -0.2) is 30.2 Å². The SMILES string of the molecule is COc1cnc(N[C@H]2CC[C@H](C)CC2)nc1OC. The molecule has 0 atom stereocenters. The lowest BCUT2D eigenvalue weighted by Crippen LogP contribution is -2.26. The molecule has 0 aromatic carbocycles. The maximum absolute atomic E-state index is 5.17. The molecule has 1 aliphatic carbocycles. The summed E-state index contributed by atoms with van der Waals surface area (Å²) < 4.78 is 10.3. The van der Waals surface area contributed by atoms with Crippen LogP contribution in [-0.2, 0) is 0 Å². The highest BCUT2D eigenvalue weighted by molar-refractivity contribution is 5.38. The maximum atomic E-state index is 5.17. The molecule has 1 fully saturated rings. The predicted octanol–water partition coefficient (Wildman–Crippen LogP) is 2.48. The van der Waals surface area contributed by atoms with Gasteiger partial charge in [0.25, 0.3) is 5.88 Å². The summed E-state index contributed by atoms with van der Waals surface area (Å²) in [5.74, 6) is 2.49. The lowest BCUT2D eigenvalue weighted by Gasteiger charge is -2.26. The van der Waals surface area contributed by atoms with Crippen molar-refractivity contribution in [3.05, 3.63) is 6.20 Å². The predicted molar refractivity (Wildman–Crippen MR) is 70.2 cm³/mol. The van der Waals surface area contributed by atoms with Crippen molar-refractivity contribution in [2.75, 3.05) is 19.5 Å². The van der Waals surface area contributed by atoms with Crippen LogP contribution in [0.4, 0.5) is 5.95 Å². The van der Waals surface area contributed by atoms with Crippen LogP contribution in [0.25, 0.3) is 0 Å². The molecule has 100 valence electrons. The molecule has 1 N–H and O–H groups in total. The van der Waals surface area contributed by atoms with E-state index in [2.05, 4.69) is 22.2 Å². The Morgan fingerprint density at radius 1 is 1.17 bits per heavy atom. The minimum Gasteiger partial charge on any atom is -0.490 e. The van der Waals surface area contributed by atoms with Crippen LogP contribution in [0.3, 0.4) is 0 Å². The van der Waals surface area contributed by atoms with Gasteiger partial charge < -0.3 is 14.8 Å². The van der Waals surface area contributed by atoms with E-state index in [1.54, 1.807) is 20.4 Å². The average Bonchev–Trinajstić information content (AvgIpc) is 2.41. The summed E-state index contributed by atoms with van der Waals surface area (Å²) in [6.07, 6.45) is 6.53. The summed E-state index contributed by atoms with van der Waals surface area (Å²) in [5, 5.41) is 3.37. The molecule has 0 unspecified atom stereocenters. The van der Waals surface area contributed by atoms with Gasteiger partial charge in [0, 0.05) is 6.04 Å². The van der Waals surface area contributed by atoms with Gasteiger partial charge in [-0.15, -0.1) is 0 Å². The maximum Gasteiger partial charge on any atom is 0.261 e. The van der Waals surface area contributed by atoms with Gasteiger partial charge in [-0.2, -0.15) is 4.98 Å². The van der Waals surface area contributed by atoms with Crippen molar-refractivity contribution in [1.82, 2.24) is 9.97 Å². The monoisotopic (exact) mass is 251 g/mol. The van der Waals surface area contributed by atoms with E-state index in [1.807, 2.05) is 0 Å². The first kappa shape index (κ1) is 12.9. The first-order chi connectivity index (χ1) is 8.72. The summed E-state index contributed by atoms with van der Waals surface area (Å²) in [4.78, 5) is 8.55. The molecule has 1 aliphatic rings. The van der Waals surface area contributed by atoms with Gasteiger partial charge in [-0.25, -0.2) is 4.98 Å². The van der Waals surface area contributed by atoms with E-state index >= 15 is 0 Å². The first-order valence-electron chi connectivity index (χ1n) is 6.44. The second-order valence-corrected chi connectivity index (χ2v) is 4.87. The molecule has 5 heteroatoms. The number of methoxy groups -OCH3 is 2. The summed E-state index contributed by atoms with van der Waals surface area (Å²) in [7, 11) is 3.16. The van der Waals surface area contributed by atoms with Crippen LogP contribution < -0.4 is 14.8 Å². The Morgan fingerprint density at radius 2 is 1.89 bits per heavy atom. The van der Waals surface area contributed by atoms with Crippen LogP contribution in [0.5, 0.6) is 11.6 Å². The van der Waals surface area contributed by atoms with Crippen molar-refractivity contribution < 1.29 is 9.47 Å². The molecule has 5 nitrogen and oxygen atoms in total. The van der Waals surface area contributed by atoms with Crippen molar-refractivity contribution in [3.63, 3.8) is 0 Å².